The van der Waals surface area contributed by atoms with Gasteiger partial charge >= 0.3 is 0 Å². The Bertz CT molecular complexity index is 1150. The molecule has 146 valence electrons. The molecule has 2 heterocycles. The Labute approximate surface area is 163 Å². The van der Waals surface area contributed by atoms with Gasteiger partial charge in [-0.15, -0.1) is 10.2 Å². The number of amides is 2. The number of aromatic amines is 1. The summed E-state index contributed by atoms with van der Waals surface area (Å²) in [6.45, 7) is 0.305. The number of aromatic hydroxyl groups is 1. The van der Waals surface area contributed by atoms with Gasteiger partial charge in [0.05, 0.1) is 10.4 Å². The number of non-ortho nitro benzene ring substituents is 1. The molecular formula is C19H15N5O5. The molecule has 2 aromatic carbocycles. The Hall–Kier alpha value is -4.08. The molecular weight excluding hydrogens is 378 g/mol. The lowest BCUT2D eigenvalue weighted by molar-refractivity contribution is -0.384. The summed E-state index contributed by atoms with van der Waals surface area (Å²) in [7, 11) is 0. The van der Waals surface area contributed by atoms with Crippen LogP contribution in [0.2, 0.25) is 0 Å². The number of rotatable bonds is 4. The predicted octanol–water partition coefficient (Wildman–Crippen LogP) is 2.92. The maximum atomic E-state index is 12.6. The van der Waals surface area contributed by atoms with E-state index < -0.39 is 22.7 Å². The third kappa shape index (κ3) is 3.31. The van der Waals surface area contributed by atoms with E-state index >= 15 is 0 Å². The first-order valence-corrected chi connectivity index (χ1v) is 8.73. The summed E-state index contributed by atoms with van der Waals surface area (Å²) in [5.41, 5.74) is 0.922. The molecule has 10 heteroatoms. The highest BCUT2D eigenvalue weighted by molar-refractivity contribution is 6.03. The molecule has 10 nitrogen and oxygen atoms in total. The number of carbonyl (C=O) groups excluding carboxylic acids is 2. The van der Waals surface area contributed by atoms with E-state index in [2.05, 4.69) is 20.5 Å². The van der Waals surface area contributed by atoms with Crippen molar-refractivity contribution < 1.29 is 19.6 Å². The predicted molar refractivity (Wildman–Crippen MR) is 102 cm³/mol. The number of benzene rings is 2. The maximum Gasteiger partial charge on any atom is 0.277 e. The van der Waals surface area contributed by atoms with Crippen LogP contribution >= 0.6 is 0 Å². The number of hydrogen-bond acceptors (Lipinski definition) is 6. The molecule has 29 heavy (non-hydrogen) atoms. The summed E-state index contributed by atoms with van der Waals surface area (Å²) >= 11 is 0. The zero-order valence-corrected chi connectivity index (χ0v) is 14.9. The van der Waals surface area contributed by atoms with E-state index in [1.54, 1.807) is 0 Å². The van der Waals surface area contributed by atoms with E-state index in [0.29, 0.717) is 12.1 Å². The number of nitrogens with zero attached hydrogens (tertiary/aromatic N) is 3. The fraction of sp³-hybridized carbons (Fsp3) is 0.158. The van der Waals surface area contributed by atoms with Crippen LogP contribution in [0.25, 0.3) is 10.9 Å². The van der Waals surface area contributed by atoms with E-state index in [-0.39, 0.29) is 28.6 Å². The summed E-state index contributed by atoms with van der Waals surface area (Å²) in [6, 6.07) is 13.0. The fourth-order valence-electron chi connectivity index (χ4n) is 3.44. The highest BCUT2D eigenvalue weighted by atomic mass is 16.6. The van der Waals surface area contributed by atoms with Crippen LogP contribution < -0.4 is 5.32 Å². The van der Waals surface area contributed by atoms with Crippen molar-refractivity contribution >= 4 is 34.1 Å². The van der Waals surface area contributed by atoms with Gasteiger partial charge in [0.2, 0.25) is 11.8 Å². The second-order valence-electron chi connectivity index (χ2n) is 6.59. The zero-order chi connectivity index (χ0) is 20.5. The normalized spacial score (nSPS) is 19.0. The van der Waals surface area contributed by atoms with Crippen LogP contribution in [0, 0.1) is 16.0 Å². The van der Waals surface area contributed by atoms with Crippen LogP contribution in [-0.4, -0.2) is 33.4 Å². The standard InChI is InChI=1S/C19H15N5O5/c25-17-15(13(9-20-17)10-4-2-1-3-5-10)18(26)23-22-16-12-8-11(24(28)29)6-7-14(12)21-19(16)27/h1-8,13,15,21,27H,9H2,(H,20,25)/t13-,15-/m0/s1. The molecule has 1 aliphatic heterocycles. The second-order valence-corrected chi connectivity index (χ2v) is 6.59. The molecule has 0 unspecified atom stereocenters. The van der Waals surface area contributed by atoms with Gasteiger partial charge in [-0.1, -0.05) is 30.3 Å². The first-order valence-electron chi connectivity index (χ1n) is 8.73. The Balaban J connectivity index is 1.65. The molecule has 0 saturated carbocycles. The third-order valence-corrected chi connectivity index (χ3v) is 4.87. The summed E-state index contributed by atoms with van der Waals surface area (Å²) in [5.74, 6) is -3.00. The van der Waals surface area contributed by atoms with Crippen molar-refractivity contribution in [3.8, 4) is 5.88 Å². The molecule has 1 saturated heterocycles. The number of nitro benzene ring substituents is 1. The first-order chi connectivity index (χ1) is 14.0. The minimum Gasteiger partial charge on any atom is -0.493 e. The lowest BCUT2D eigenvalue weighted by atomic mass is 9.88. The number of aromatic nitrogens is 1. The van der Waals surface area contributed by atoms with Gasteiger partial charge in [0, 0.05) is 30.0 Å². The lowest BCUT2D eigenvalue weighted by Crippen LogP contribution is -2.25. The highest BCUT2D eigenvalue weighted by Gasteiger charge is 2.41. The summed E-state index contributed by atoms with van der Waals surface area (Å²) in [5, 5.41) is 31.4. The molecule has 0 radical (unpaired) electrons. The van der Waals surface area contributed by atoms with Crippen LogP contribution in [0.3, 0.4) is 0 Å². The van der Waals surface area contributed by atoms with E-state index in [9.17, 15) is 24.8 Å². The SMILES string of the molecule is O=C(N=Nc1c(O)[nH]c2ccc([N+](=O)[O-])cc12)[C@@H]1C(=O)NC[C@H]1c1ccccc1. The third-order valence-electron chi connectivity index (χ3n) is 4.87. The minimum atomic E-state index is -1.04. The minimum absolute atomic E-state index is 0.105. The van der Waals surface area contributed by atoms with Crippen LogP contribution in [-0.2, 0) is 9.59 Å². The van der Waals surface area contributed by atoms with E-state index in [1.807, 2.05) is 30.3 Å². The molecule has 0 aliphatic carbocycles. The van der Waals surface area contributed by atoms with Crippen molar-refractivity contribution in [2.24, 2.45) is 16.1 Å². The molecule has 2 atom stereocenters. The molecule has 0 bridgehead atoms. The quantitative estimate of drug-likeness (QED) is 0.269. The number of carbonyl (C=O) groups is 2. The molecule has 3 aromatic rings. The summed E-state index contributed by atoms with van der Waals surface area (Å²) in [6.07, 6.45) is 0. The number of hydrogen-bond donors (Lipinski definition) is 3. The fourth-order valence-corrected chi connectivity index (χ4v) is 3.44. The first kappa shape index (κ1) is 18.3. The average Bonchev–Trinajstić information content (AvgIpc) is 3.25. The highest BCUT2D eigenvalue weighted by Crippen LogP contribution is 2.38. The molecule has 3 N–H and O–H groups in total. The van der Waals surface area contributed by atoms with E-state index in [1.165, 1.54) is 18.2 Å². The number of H-pyrrole nitrogens is 1. The number of nitro groups is 1. The van der Waals surface area contributed by atoms with Crippen molar-refractivity contribution in [2.75, 3.05) is 6.54 Å². The van der Waals surface area contributed by atoms with Gasteiger partial charge in [0.25, 0.3) is 11.6 Å². The smallest absolute Gasteiger partial charge is 0.277 e. The van der Waals surface area contributed by atoms with Gasteiger partial charge in [-0.05, 0) is 11.6 Å². The number of azo groups is 1. The second kappa shape index (κ2) is 7.15. The molecule has 1 fully saturated rings. The van der Waals surface area contributed by atoms with Crippen LogP contribution in [0.15, 0.2) is 58.8 Å². The molecule has 1 aliphatic rings. The number of nitrogens with one attached hydrogen (secondary N) is 2. The monoisotopic (exact) mass is 393 g/mol. The Kier molecular flexibility index (Phi) is 4.51. The van der Waals surface area contributed by atoms with E-state index in [0.717, 1.165) is 5.56 Å². The lowest BCUT2D eigenvalue weighted by Gasteiger charge is -2.13. The maximum absolute atomic E-state index is 12.6. The molecule has 4 rings (SSSR count). The van der Waals surface area contributed by atoms with E-state index in [4.69, 9.17) is 0 Å². The van der Waals surface area contributed by atoms with Gasteiger partial charge < -0.3 is 15.4 Å². The Morgan fingerprint density at radius 1 is 1.21 bits per heavy atom. The van der Waals surface area contributed by atoms with Crippen molar-refractivity contribution in [3.05, 3.63) is 64.2 Å². The van der Waals surface area contributed by atoms with Crippen molar-refractivity contribution in [2.45, 2.75) is 5.92 Å². The molecule has 0 spiro atoms. The molecule has 1 aromatic heterocycles. The van der Waals surface area contributed by atoms with Crippen molar-refractivity contribution in [3.63, 3.8) is 0 Å². The van der Waals surface area contributed by atoms with Crippen molar-refractivity contribution in [1.82, 2.24) is 10.3 Å². The van der Waals surface area contributed by atoms with Gasteiger partial charge in [-0.2, -0.15) is 0 Å². The van der Waals surface area contributed by atoms with Gasteiger partial charge in [0.15, 0.2) is 5.69 Å². The summed E-state index contributed by atoms with van der Waals surface area (Å²) < 4.78 is 0. The number of fused-ring (bicyclic) bond motifs is 1. The Morgan fingerprint density at radius 3 is 2.69 bits per heavy atom. The van der Waals surface area contributed by atoms with Crippen LogP contribution in [0.5, 0.6) is 5.88 Å². The summed E-state index contributed by atoms with van der Waals surface area (Å²) in [4.78, 5) is 37.9. The Morgan fingerprint density at radius 2 is 1.97 bits per heavy atom. The molecule has 2 amide bonds. The topological polar surface area (TPSA) is 150 Å². The van der Waals surface area contributed by atoms with Gasteiger partial charge in [-0.25, -0.2) is 0 Å². The van der Waals surface area contributed by atoms with Gasteiger partial charge in [0.1, 0.15) is 5.92 Å². The van der Waals surface area contributed by atoms with Crippen molar-refractivity contribution in [1.29, 1.82) is 0 Å². The largest absolute Gasteiger partial charge is 0.493 e. The van der Waals surface area contributed by atoms with Crippen LogP contribution in [0.4, 0.5) is 11.4 Å². The zero-order valence-electron chi connectivity index (χ0n) is 14.9. The van der Waals surface area contributed by atoms with Gasteiger partial charge in [-0.3, -0.25) is 19.7 Å². The average molecular weight is 393 g/mol. The van der Waals surface area contributed by atoms with Crippen LogP contribution in [0.1, 0.15) is 11.5 Å².